The van der Waals surface area contributed by atoms with Crippen molar-refractivity contribution >= 4 is 0 Å². The molecule has 0 aromatic heterocycles. The van der Waals surface area contributed by atoms with Crippen molar-refractivity contribution in [3.63, 3.8) is 0 Å². The monoisotopic (exact) mass is 280 g/mol. The Bertz CT molecular complexity index is 323. The van der Waals surface area contributed by atoms with Crippen LogP contribution < -0.4 is 5.32 Å². The summed E-state index contributed by atoms with van der Waals surface area (Å²) in [7, 11) is 0. The van der Waals surface area contributed by atoms with E-state index in [0.29, 0.717) is 5.54 Å². The van der Waals surface area contributed by atoms with Crippen molar-refractivity contribution in [1.29, 1.82) is 0 Å². The van der Waals surface area contributed by atoms with Gasteiger partial charge in [0.2, 0.25) is 0 Å². The highest BCUT2D eigenvalue weighted by molar-refractivity contribution is 5.04. The van der Waals surface area contributed by atoms with Gasteiger partial charge in [0, 0.05) is 37.8 Å². The molecule has 0 radical (unpaired) electrons. The topological polar surface area (TPSA) is 24.5 Å². The van der Waals surface area contributed by atoms with Gasteiger partial charge in [0.1, 0.15) is 0 Å². The standard InChI is InChI=1S/C17H32N2O/c1-13(2)8-16-9-18-17(3,15-4-5-15)12-19(16)10-14-6-7-20-11-14/h13-16,18H,4-12H2,1-3H3. The van der Waals surface area contributed by atoms with Crippen LogP contribution in [-0.4, -0.2) is 49.3 Å². The van der Waals surface area contributed by atoms with Gasteiger partial charge in [-0.25, -0.2) is 0 Å². The van der Waals surface area contributed by atoms with Gasteiger partial charge < -0.3 is 10.1 Å². The third-order valence-corrected chi connectivity index (χ3v) is 5.53. The molecule has 3 nitrogen and oxygen atoms in total. The molecule has 116 valence electrons. The fraction of sp³-hybridized carbons (Fsp3) is 1.00. The first kappa shape index (κ1) is 14.8. The van der Waals surface area contributed by atoms with E-state index in [0.717, 1.165) is 37.0 Å². The molecule has 2 aliphatic heterocycles. The highest BCUT2D eigenvalue weighted by Gasteiger charge is 2.46. The van der Waals surface area contributed by atoms with Crippen LogP contribution in [0.2, 0.25) is 0 Å². The first-order valence-corrected chi connectivity index (χ1v) is 8.63. The van der Waals surface area contributed by atoms with Crippen molar-refractivity contribution < 1.29 is 4.74 Å². The SMILES string of the molecule is CC(C)CC1CNC(C)(C2CC2)CN1CC1CCOC1. The van der Waals surface area contributed by atoms with E-state index in [1.165, 1.54) is 45.3 Å². The summed E-state index contributed by atoms with van der Waals surface area (Å²) in [6, 6.07) is 0.724. The van der Waals surface area contributed by atoms with Crippen molar-refractivity contribution in [3.05, 3.63) is 0 Å². The predicted molar refractivity (Wildman–Crippen MR) is 82.9 cm³/mol. The van der Waals surface area contributed by atoms with Gasteiger partial charge in [0.15, 0.2) is 0 Å². The van der Waals surface area contributed by atoms with Gasteiger partial charge in [-0.1, -0.05) is 13.8 Å². The molecule has 20 heavy (non-hydrogen) atoms. The molecule has 0 aromatic rings. The number of hydrogen-bond acceptors (Lipinski definition) is 3. The molecule has 0 amide bonds. The zero-order valence-corrected chi connectivity index (χ0v) is 13.5. The summed E-state index contributed by atoms with van der Waals surface area (Å²) >= 11 is 0. The van der Waals surface area contributed by atoms with E-state index in [4.69, 9.17) is 4.74 Å². The van der Waals surface area contributed by atoms with Gasteiger partial charge in [-0.3, -0.25) is 4.90 Å². The van der Waals surface area contributed by atoms with Crippen LogP contribution in [0, 0.1) is 17.8 Å². The Morgan fingerprint density at radius 1 is 1.30 bits per heavy atom. The molecule has 3 fully saturated rings. The molecule has 3 heteroatoms. The van der Waals surface area contributed by atoms with Gasteiger partial charge in [0.05, 0.1) is 6.61 Å². The number of rotatable bonds is 5. The van der Waals surface area contributed by atoms with Crippen molar-refractivity contribution in [3.8, 4) is 0 Å². The number of nitrogens with one attached hydrogen (secondary N) is 1. The third-order valence-electron chi connectivity index (χ3n) is 5.53. The second-order valence-electron chi connectivity index (χ2n) is 8.02. The fourth-order valence-corrected chi connectivity index (χ4v) is 4.13. The quantitative estimate of drug-likeness (QED) is 0.837. The van der Waals surface area contributed by atoms with Crippen LogP contribution in [0.1, 0.15) is 46.5 Å². The third kappa shape index (κ3) is 3.37. The summed E-state index contributed by atoms with van der Waals surface area (Å²) in [6.07, 6.45) is 5.44. The average Bonchev–Trinajstić information content (AvgIpc) is 3.13. The number of nitrogens with zero attached hydrogens (tertiary/aromatic N) is 1. The van der Waals surface area contributed by atoms with Gasteiger partial charge >= 0.3 is 0 Å². The van der Waals surface area contributed by atoms with E-state index < -0.39 is 0 Å². The summed E-state index contributed by atoms with van der Waals surface area (Å²) in [6.45, 7) is 12.8. The summed E-state index contributed by atoms with van der Waals surface area (Å²) in [4.78, 5) is 2.80. The minimum Gasteiger partial charge on any atom is -0.381 e. The van der Waals surface area contributed by atoms with Crippen LogP contribution in [0.15, 0.2) is 0 Å². The zero-order valence-electron chi connectivity index (χ0n) is 13.5. The van der Waals surface area contributed by atoms with Gasteiger partial charge in [-0.05, 0) is 50.4 Å². The van der Waals surface area contributed by atoms with E-state index in [9.17, 15) is 0 Å². The lowest BCUT2D eigenvalue weighted by Crippen LogP contribution is -2.64. The van der Waals surface area contributed by atoms with E-state index in [1.807, 2.05) is 0 Å². The van der Waals surface area contributed by atoms with Gasteiger partial charge in [-0.2, -0.15) is 0 Å². The smallest absolute Gasteiger partial charge is 0.0507 e. The molecule has 3 atom stereocenters. The Kier molecular flexibility index (Phi) is 4.40. The van der Waals surface area contributed by atoms with Crippen molar-refractivity contribution in [1.82, 2.24) is 10.2 Å². The van der Waals surface area contributed by atoms with Crippen LogP contribution in [-0.2, 0) is 4.74 Å². The molecule has 0 spiro atoms. The molecule has 1 aliphatic carbocycles. The zero-order chi connectivity index (χ0) is 14.2. The number of hydrogen-bond donors (Lipinski definition) is 1. The minimum atomic E-state index is 0.368. The molecule has 2 heterocycles. The molecule has 0 bridgehead atoms. The average molecular weight is 280 g/mol. The summed E-state index contributed by atoms with van der Waals surface area (Å²) < 4.78 is 5.58. The molecular formula is C17H32N2O. The highest BCUT2D eigenvalue weighted by Crippen LogP contribution is 2.41. The van der Waals surface area contributed by atoms with Gasteiger partial charge in [-0.15, -0.1) is 0 Å². The second-order valence-corrected chi connectivity index (χ2v) is 8.02. The lowest BCUT2D eigenvalue weighted by molar-refractivity contribution is 0.0491. The lowest BCUT2D eigenvalue weighted by Gasteiger charge is -2.48. The Morgan fingerprint density at radius 3 is 2.70 bits per heavy atom. The largest absolute Gasteiger partial charge is 0.381 e. The molecule has 1 saturated carbocycles. The Balaban J connectivity index is 1.64. The van der Waals surface area contributed by atoms with Crippen molar-refractivity contribution in [2.24, 2.45) is 17.8 Å². The van der Waals surface area contributed by atoms with Crippen LogP contribution in [0.4, 0.5) is 0 Å². The molecule has 0 aromatic carbocycles. The predicted octanol–water partition coefficient (Wildman–Crippen LogP) is 2.51. The number of piperazine rings is 1. The van der Waals surface area contributed by atoms with Crippen molar-refractivity contribution in [2.45, 2.75) is 58.0 Å². The van der Waals surface area contributed by atoms with Gasteiger partial charge in [0.25, 0.3) is 0 Å². The molecule has 2 saturated heterocycles. The summed E-state index contributed by atoms with van der Waals surface area (Å²) in [5.41, 5.74) is 0.368. The van der Waals surface area contributed by atoms with Crippen LogP contribution >= 0.6 is 0 Å². The van der Waals surface area contributed by atoms with E-state index in [-0.39, 0.29) is 0 Å². The first-order valence-electron chi connectivity index (χ1n) is 8.63. The first-order chi connectivity index (χ1) is 9.57. The van der Waals surface area contributed by atoms with E-state index in [2.05, 4.69) is 31.0 Å². The van der Waals surface area contributed by atoms with Crippen LogP contribution in [0.5, 0.6) is 0 Å². The number of ether oxygens (including phenoxy) is 1. The molecule has 3 aliphatic rings. The Morgan fingerprint density at radius 2 is 2.10 bits per heavy atom. The summed E-state index contributed by atoms with van der Waals surface area (Å²) in [5.74, 6) is 2.48. The van der Waals surface area contributed by atoms with Crippen molar-refractivity contribution in [2.75, 3.05) is 32.8 Å². The minimum absolute atomic E-state index is 0.368. The molecule has 3 unspecified atom stereocenters. The Hall–Kier alpha value is -0.120. The maximum atomic E-state index is 5.58. The molecule has 1 N–H and O–H groups in total. The normalized spacial score (nSPS) is 39.6. The van der Waals surface area contributed by atoms with E-state index >= 15 is 0 Å². The lowest BCUT2D eigenvalue weighted by atomic mass is 9.88. The molecule has 3 rings (SSSR count). The maximum Gasteiger partial charge on any atom is 0.0507 e. The Labute approximate surface area is 124 Å². The highest BCUT2D eigenvalue weighted by atomic mass is 16.5. The van der Waals surface area contributed by atoms with Crippen LogP contribution in [0.3, 0.4) is 0 Å². The van der Waals surface area contributed by atoms with E-state index in [1.54, 1.807) is 0 Å². The fourth-order valence-electron chi connectivity index (χ4n) is 4.13. The maximum absolute atomic E-state index is 5.58. The molecular weight excluding hydrogens is 248 g/mol. The second kappa shape index (κ2) is 5.94. The van der Waals surface area contributed by atoms with Crippen LogP contribution in [0.25, 0.3) is 0 Å². The summed E-state index contributed by atoms with van der Waals surface area (Å²) in [5, 5.41) is 3.89.